The van der Waals surface area contributed by atoms with Gasteiger partial charge < -0.3 is 19.7 Å². The van der Waals surface area contributed by atoms with Crippen molar-refractivity contribution in [2.45, 2.75) is 31.7 Å². The molecule has 4 heterocycles. The number of amides is 1. The van der Waals surface area contributed by atoms with Crippen LogP contribution in [-0.2, 0) is 11.2 Å². The summed E-state index contributed by atoms with van der Waals surface area (Å²) in [6.45, 7) is 4.05. The molecule has 0 aromatic carbocycles. The van der Waals surface area contributed by atoms with Crippen molar-refractivity contribution in [1.29, 1.82) is 0 Å². The minimum Gasteiger partial charge on any atom is -0.361 e. The van der Waals surface area contributed by atoms with Crippen molar-refractivity contribution in [3.8, 4) is 0 Å². The molecule has 2 aliphatic heterocycles. The first-order valence-corrected chi connectivity index (χ1v) is 8.73. The minimum absolute atomic E-state index is 0. The van der Waals surface area contributed by atoms with Gasteiger partial charge in [-0.15, -0.1) is 12.4 Å². The number of halogens is 1. The highest BCUT2D eigenvalue weighted by molar-refractivity contribution is 5.85. The second-order valence-electron chi connectivity index (χ2n) is 6.99. The lowest BCUT2D eigenvalue weighted by Gasteiger charge is -2.43. The maximum Gasteiger partial charge on any atom is 0.251 e. The average Bonchev–Trinajstić information content (AvgIpc) is 3.00. The van der Waals surface area contributed by atoms with E-state index in [-0.39, 0.29) is 36.3 Å². The van der Waals surface area contributed by atoms with Crippen LogP contribution in [0.25, 0.3) is 0 Å². The van der Waals surface area contributed by atoms with Gasteiger partial charge in [-0.25, -0.2) is 0 Å². The van der Waals surface area contributed by atoms with E-state index in [2.05, 4.69) is 15.8 Å². The van der Waals surface area contributed by atoms with E-state index in [1.807, 2.05) is 23.6 Å². The van der Waals surface area contributed by atoms with E-state index in [1.54, 1.807) is 12.1 Å². The topological polar surface area (TPSA) is 89.2 Å². The van der Waals surface area contributed by atoms with Gasteiger partial charge in [0.05, 0.1) is 18.2 Å². The summed E-state index contributed by atoms with van der Waals surface area (Å²) in [5.41, 5.74) is 1.84. The molecule has 0 radical (unpaired) electrons. The number of nitrogens with one attached hydrogen (secondary N) is 2. The van der Waals surface area contributed by atoms with Crippen molar-refractivity contribution in [2.24, 2.45) is 5.92 Å². The van der Waals surface area contributed by atoms with Gasteiger partial charge in [0.15, 0.2) is 0 Å². The fourth-order valence-electron chi connectivity index (χ4n) is 4.11. The Balaban J connectivity index is 0.00000196. The standard InChI is InChI=1S/C18H22N4O3.ClH/c1-11-5-14(25-21-11)7-17(23)20-10-16-13-6-12(8-19-9-13)15-3-2-4-18(24)22(15)16;/h2-5,12-13,16,19H,6-10H2,1H3,(H,20,23);1H/t12-,13+,16+;/m1./s1. The lowest BCUT2D eigenvalue weighted by molar-refractivity contribution is -0.121. The van der Waals surface area contributed by atoms with Crippen LogP contribution in [0.5, 0.6) is 0 Å². The molecule has 2 aromatic rings. The maximum atomic E-state index is 12.5. The number of carbonyl (C=O) groups excluding carboxylic acids is 1. The molecule has 1 saturated heterocycles. The molecule has 7 nitrogen and oxygen atoms in total. The van der Waals surface area contributed by atoms with Crippen molar-refractivity contribution in [1.82, 2.24) is 20.4 Å². The van der Waals surface area contributed by atoms with Crippen LogP contribution in [0.1, 0.15) is 35.5 Å². The quantitative estimate of drug-likeness (QED) is 0.833. The normalized spacial score (nSPS) is 23.7. The van der Waals surface area contributed by atoms with Crippen LogP contribution in [0.2, 0.25) is 0 Å². The number of fused-ring (bicyclic) bond motifs is 4. The van der Waals surface area contributed by atoms with Crippen LogP contribution < -0.4 is 16.2 Å². The SMILES string of the molecule is Cc1cc(CC(=O)NC[C@H]2[C@@H]3CNC[C@@H](C3)c3cccc(=O)n32)on1.Cl. The molecule has 26 heavy (non-hydrogen) atoms. The summed E-state index contributed by atoms with van der Waals surface area (Å²) in [6.07, 6.45) is 1.22. The van der Waals surface area contributed by atoms with Crippen molar-refractivity contribution in [3.63, 3.8) is 0 Å². The number of pyridine rings is 1. The Bertz CT molecular complexity index is 847. The van der Waals surface area contributed by atoms with E-state index >= 15 is 0 Å². The monoisotopic (exact) mass is 378 g/mol. The molecule has 4 rings (SSSR count). The zero-order chi connectivity index (χ0) is 17.4. The van der Waals surface area contributed by atoms with Gasteiger partial charge in [-0.1, -0.05) is 11.2 Å². The number of aryl methyl sites for hydroxylation is 1. The molecular formula is C18H23ClN4O3. The van der Waals surface area contributed by atoms with Crippen LogP contribution in [0.15, 0.2) is 33.6 Å². The number of piperidine rings is 1. The van der Waals surface area contributed by atoms with Gasteiger partial charge in [0.1, 0.15) is 5.76 Å². The molecule has 0 saturated carbocycles. The first-order valence-electron chi connectivity index (χ1n) is 8.73. The van der Waals surface area contributed by atoms with Crippen molar-refractivity contribution >= 4 is 18.3 Å². The summed E-state index contributed by atoms with van der Waals surface area (Å²) < 4.78 is 6.98. The highest BCUT2D eigenvalue weighted by Crippen LogP contribution is 2.37. The van der Waals surface area contributed by atoms with Gasteiger partial charge in [-0.2, -0.15) is 0 Å². The number of aromatic nitrogens is 2. The second-order valence-corrected chi connectivity index (χ2v) is 6.99. The second kappa shape index (κ2) is 7.63. The number of hydrogen-bond acceptors (Lipinski definition) is 5. The van der Waals surface area contributed by atoms with Gasteiger partial charge in [0.2, 0.25) is 5.91 Å². The summed E-state index contributed by atoms with van der Waals surface area (Å²) in [4.78, 5) is 24.7. The van der Waals surface area contributed by atoms with Gasteiger partial charge in [-0.05, 0) is 25.3 Å². The third kappa shape index (κ3) is 3.54. The lowest BCUT2D eigenvalue weighted by atomic mass is 9.79. The molecule has 1 amide bonds. The first kappa shape index (κ1) is 18.7. The lowest BCUT2D eigenvalue weighted by Crippen LogP contribution is -2.50. The molecule has 3 atom stereocenters. The van der Waals surface area contributed by atoms with Crippen LogP contribution in [0.4, 0.5) is 0 Å². The van der Waals surface area contributed by atoms with Gasteiger partial charge >= 0.3 is 0 Å². The predicted octanol–water partition coefficient (Wildman–Crippen LogP) is 1.17. The Morgan fingerprint density at radius 1 is 1.42 bits per heavy atom. The minimum atomic E-state index is -0.118. The zero-order valence-electron chi connectivity index (χ0n) is 14.6. The van der Waals surface area contributed by atoms with Crippen molar-refractivity contribution in [2.75, 3.05) is 19.6 Å². The molecule has 1 fully saturated rings. The Labute approximate surface area is 157 Å². The van der Waals surface area contributed by atoms with E-state index in [9.17, 15) is 9.59 Å². The number of rotatable bonds is 4. The molecule has 2 aliphatic rings. The summed E-state index contributed by atoms with van der Waals surface area (Å²) in [6, 6.07) is 7.19. The molecule has 0 spiro atoms. The fourth-order valence-corrected chi connectivity index (χ4v) is 4.11. The number of carbonyl (C=O) groups is 1. The van der Waals surface area contributed by atoms with Crippen molar-refractivity contribution < 1.29 is 9.32 Å². The van der Waals surface area contributed by atoms with Gasteiger partial charge in [0, 0.05) is 43.4 Å². The molecule has 140 valence electrons. The predicted molar refractivity (Wildman–Crippen MR) is 98.7 cm³/mol. The van der Waals surface area contributed by atoms with Crippen LogP contribution in [0.3, 0.4) is 0 Å². The summed E-state index contributed by atoms with van der Waals surface area (Å²) >= 11 is 0. The van der Waals surface area contributed by atoms with E-state index in [4.69, 9.17) is 4.52 Å². The smallest absolute Gasteiger partial charge is 0.251 e. The van der Waals surface area contributed by atoms with E-state index in [1.165, 1.54) is 0 Å². The zero-order valence-corrected chi connectivity index (χ0v) is 15.4. The molecule has 8 heteroatoms. The summed E-state index contributed by atoms with van der Waals surface area (Å²) in [7, 11) is 0. The van der Waals surface area contributed by atoms with E-state index in [0.717, 1.165) is 30.9 Å². The van der Waals surface area contributed by atoms with Gasteiger partial charge in [0.25, 0.3) is 5.56 Å². The third-order valence-corrected chi connectivity index (χ3v) is 5.22. The molecule has 2 aromatic heterocycles. The van der Waals surface area contributed by atoms with Crippen molar-refractivity contribution in [3.05, 3.63) is 51.8 Å². The van der Waals surface area contributed by atoms with Crippen LogP contribution >= 0.6 is 12.4 Å². The van der Waals surface area contributed by atoms with Crippen LogP contribution in [-0.4, -0.2) is 35.3 Å². The number of nitrogens with zero attached hydrogens (tertiary/aromatic N) is 2. The Kier molecular flexibility index (Phi) is 5.48. The summed E-state index contributed by atoms with van der Waals surface area (Å²) in [5.74, 6) is 1.15. The summed E-state index contributed by atoms with van der Waals surface area (Å²) in [5, 5.41) is 10.2. The Morgan fingerprint density at radius 2 is 2.27 bits per heavy atom. The van der Waals surface area contributed by atoms with Crippen LogP contribution in [0, 0.1) is 12.8 Å². The fraction of sp³-hybridized carbons (Fsp3) is 0.500. The van der Waals surface area contributed by atoms with Gasteiger partial charge in [-0.3, -0.25) is 9.59 Å². The Hall–Kier alpha value is -2.12. The molecule has 2 N–H and O–H groups in total. The third-order valence-electron chi connectivity index (χ3n) is 5.22. The first-order chi connectivity index (χ1) is 12.1. The Morgan fingerprint density at radius 3 is 3.04 bits per heavy atom. The molecule has 0 unspecified atom stereocenters. The molecule has 0 aliphatic carbocycles. The maximum absolute atomic E-state index is 12.5. The molecular weight excluding hydrogens is 356 g/mol. The highest BCUT2D eigenvalue weighted by atomic mass is 35.5. The number of hydrogen-bond donors (Lipinski definition) is 2. The largest absolute Gasteiger partial charge is 0.361 e. The average molecular weight is 379 g/mol. The highest BCUT2D eigenvalue weighted by Gasteiger charge is 2.37. The molecule has 2 bridgehead atoms. The van der Waals surface area contributed by atoms with E-state index in [0.29, 0.717) is 24.1 Å². The van der Waals surface area contributed by atoms with E-state index < -0.39 is 0 Å².